The van der Waals surface area contributed by atoms with E-state index in [9.17, 15) is 4.79 Å². The second-order valence-electron chi connectivity index (χ2n) is 3.02. The van der Waals surface area contributed by atoms with Gasteiger partial charge in [0.2, 0.25) is 5.28 Å². The number of carbonyl (C=O) groups excluding carboxylic acids is 1. The summed E-state index contributed by atoms with van der Waals surface area (Å²) in [6.45, 7) is 1.95. The number of halogens is 1. The lowest BCUT2D eigenvalue weighted by atomic mass is 10.1. The van der Waals surface area contributed by atoms with E-state index in [2.05, 4.69) is 9.97 Å². The Labute approximate surface area is 85.7 Å². The van der Waals surface area contributed by atoms with Gasteiger partial charge >= 0.3 is 0 Å². The first-order chi connectivity index (χ1) is 6.70. The molecule has 0 aliphatic rings. The van der Waals surface area contributed by atoms with Gasteiger partial charge in [-0.2, -0.15) is 0 Å². The lowest BCUT2D eigenvalue weighted by molar-refractivity contribution is 0.112. The molecule has 0 atom stereocenters. The largest absolute Gasteiger partial charge is 0.296 e. The van der Waals surface area contributed by atoms with Crippen LogP contribution < -0.4 is 0 Å². The highest BCUT2D eigenvalue weighted by atomic mass is 35.5. The van der Waals surface area contributed by atoms with Crippen molar-refractivity contribution in [3.63, 3.8) is 0 Å². The predicted octanol–water partition coefficient (Wildman–Crippen LogP) is 2.40. The van der Waals surface area contributed by atoms with E-state index in [1.165, 1.54) is 0 Å². The van der Waals surface area contributed by atoms with Crippen LogP contribution in [0.1, 0.15) is 16.1 Å². The maximum Gasteiger partial charge on any atom is 0.223 e. The van der Waals surface area contributed by atoms with Crippen molar-refractivity contribution in [2.24, 2.45) is 0 Å². The van der Waals surface area contributed by atoms with Gasteiger partial charge in [-0.3, -0.25) is 4.79 Å². The Balaban J connectivity index is 2.87. The fourth-order valence-corrected chi connectivity index (χ4v) is 1.51. The average Bonchev–Trinajstić information content (AvgIpc) is 2.15. The van der Waals surface area contributed by atoms with Crippen molar-refractivity contribution >= 4 is 28.8 Å². The van der Waals surface area contributed by atoms with Crippen molar-refractivity contribution in [2.45, 2.75) is 6.92 Å². The van der Waals surface area contributed by atoms with Gasteiger partial charge < -0.3 is 0 Å². The maximum absolute atomic E-state index is 10.7. The van der Waals surface area contributed by atoms with Gasteiger partial charge in [0.05, 0.1) is 5.52 Å². The molecular formula is C10H7ClN2O. The molecule has 1 heterocycles. The monoisotopic (exact) mass is 206 g/mol. The van der Waals surface area contributed by atoms with E-state index in [-0.39, 0.29) is 5.28 Å². The van der Waals surface area contributed by atoms with E-state index in [4.69, 9.17) is 11.6 Å². The van der Waals surface area contributed by atoms with Gasteiger partial charge in [-0.05, 0) is 30.2 Å². The molecule has 0 unspecified atom stereocenters. The molecule has 0 saturated carbocycles. The minimum Gasteiger partial charge on any atom is -0.296 e. The molecule has 2 aromatic rings. The summed E-state index contributed by atoms with van der Waals surface area (Å²) in [5.74, 6) is 0. The molecule has 0 amide bonds. The second-order valence-corrected chi connectivity index (χ2v) is 3.35. The number of aryl methyl sites for hydroxylation is 1. The van der Waals surface area contributed by atoms with Crippen LogP contribution in [0.2, 0.25) is 5.28 Å². The highest BCUT2D eigenvalue weighted by Gasteiger charge is 2.05. The molecule has 2 rings (SSSR count). The SMILES string of the molecule is Cc1ccc2c(C=O)nc(Cl)nc2c1. The number of hydrogen-bond acceptors (Lipinski definition) is 3. The molecule has 0 aliphatic carbocycles. The Hall–Kier alpha value is -1.48. The van der Waals surface area contributed by atoms with E-state index in [1.807, 2.05) is 25.1 Å². The number of benzene rings is 1. The molecule has 0 spiro atoms. The zero-order chi connectivity index (χ0) is 10.1. The van der Waals surface area contributed by atoms with E-state index >= 15 is 0 Å². The summed E-state index contributed by atoms with van der Waals surface area (Å²) in [6.07, 6.45) is 0.686. The van der Waals surface area contributed by atoms with E-state index in [1.54, 1.807) is 0 Å². The fourth-order valence-electron chi connectivity index (χ4n) is 1.32. The summed E-state index contributed by atoms with van der Waals surface area (Å²) in [5, 5.41) is 0.834. The molecule has 14 heavy (non-hydrogen) atoms. The third kappa shape index (κ3) is 1.46. The molecule has 0 N–H and O–H groups in total. The first-order valence-corrected chi connectivity index (χ1v) is 4.47. The van der Waals surface area contributed by atoms with Crippen LogP contribution in [0.25, 0.3) is 10.9 Å². The van der Waals surface area contributed by atoms with Crippen LogP contribution >= 0.6 is 11.6 Å². The van der Waals surface area contributed by atoms with Crippen LogP contribution in [0.3, 0.4) is 0 Å². The Kier molecular flexibility index (Phi) is 2.17. The van der Waals surface area contributed by atoms with Gasteiger partial charge in [0, 0.05) is 5.39 Å². The molecule has 3 nitrogen and oxygen atoms in total. The van der Waals surface area contributed by atoms with Crippen molar-refractivity contribution in [1.82, 2.24) is 9.97 Å². The van der Waals surface area contributed by atoms with Crippen LogP contribution in [0.15, 0.2) is 18.2 Å². The van der Waals surface area contributed by atoms with Crippen molar-refractivity contribution in [1.29, 1.82) is 0 Å². The number of fused-ring (bicyclic) bond motifs is 1. The number of rotatable bonds is 1. The number of carbonyl (C=O) groups is 1. The second kappa shape index (κ2) is 3.35. The Morgan fingerprint density at radius 2 is 2.14 bits per heavy atom. The van der Waals surface area contributed by atoms with Crippen LogP contribution in [0, 0.1) is 6.92 Å². The first kappa shape index (κ1) is 9.09. The van der Waals surface area contributed by atoms with Gasteiger partial charge in [0.15, 0.2) is 6.29 Å². The van der Waals surface area contributed by atoms with E-state index in [0.29, 0.717) is 17.5 Å². The summed E-state index contributed by atoms with van der Waals surface area (Å²) in [7, 11) is 0. The third-order valence-electron chi connectivity index (χ3n) is 1.97. The molecule has 0 bridgehead atoms. The Morgan fingerprint density at radius 1 is 1.36 bits per heavy atom. The number of nitrogens with zero attached hydrogens (tertiary/aromatic N) is 2. The van der Waals surface area contributed by atoms with Crippen molar-refractivity contribution in [3.8, 4) is 0 Å². The molecule has 70 valence electrons. The minimum absolute atomic E-state index is 0.102. The average molecular weight is 207 g/mol. The van der Waals surface area contributed by atoms with Gasteiger partial charge in [-0.15, -0.1) is 0 Å². The molecule has 0 saturated heterocycles. The van der Waals surface area contributed by atoms with E-state index in [0.717, 1.165) is 10.9 Å². The summed E-state index contributed by atoms with van der Waals surface area (Å²) < 4.78 is 0. The first-order valence-electron chi connectivity index (χ1n) is 4.10. The topological polar surface area (TPSA) is 42.9 Å². The van der Waals surface area contributed by atoms with Gasteiger partial charge in [0.25, 0.3) is 0 Å². The van der Waals surface area contributed by atoms with E-state index < -0.39 is 0 Å². The molecule has 4 heteroatoms. The molecule has 0 fully saturated rings. The van der Waals surface area contributed by atoms with Crippen molar-refractivity contribution in [3.05, 3.63) is 34.7 Å². The van der Waals surface area contributed by atoms with Crippen molar-refractivity contribution in [2.75, 3.05) is 0 Å². The lowest BCUT2D eigenvalue weighted by Gasteiger charge is -2.01. The zero-order valence-corrected chi connectivity index (χ0v) is 8.25. The molecule has 1 aromatic heterocycles. The Bertz CT molecular complexity index is 505. The maximum atomic E-state index is 10.7. The van der Waals surface area contributed by atoms with Crippen LogP contribution in [-0.2, 0) is 0 Å². The molecular weight excluding hydrogens is 200 g/mol. The molecule has 1 aromatic carbocycles. The number of aromatic nitrogens is 2. The van der Waals surface area contributed by atoms with Gasteiger partial charge in [-0.1, -0.05) is 12.1 Å². The predicted molar refractivity (Wildman–Crippen MR) is 54.7 cm³/mol. The molecule has 0 aliphatic heterocycles. The number of hydrogen-bond donors (Lipinski definition) is 0. The number of aldehydes is 1. The van der Waals surface area contributed by atoms with Gasteiger partial charge in [0.1, 0.15) is 5.69 Å². The van der Waals surface area contributed by atoms with Crippen molar-refractivity contribution < 1.29 is 4.79 Å². The minimum atomic E-state index is 0.102. The third-order valence-corrected chi connectivity index (χ3v) is 2.14. The Morgan fingerprint density at radius 3 is 2.86 bits per heavy atom. The van der Waals surface area contributed by atoms with Crippen LogP contribution in [0.4, 0.5) is 0 Å². The highest BCUT2D eigenvalue weighted by molar-refractivity contribution is 6.28. The standard InChI is InChI=1S/C10H7ClN2O/c1-6-2-3-7-8(4-6)12-10(11)13-9(7)5-14/h2-5H,1H3. The van der Waals surface area contributed by atoms with Crippen LogP contribution in [-0.4, -0.2) is 16.3 Å². The smallest absolute Gasteiger partial charge is 0.223 e. The zero-order valence-electron chi connectivity index (χ0n) is 7.49. The summed E-state index contributed by atoms with van der Waals surface area (Å²) in [4.78, 5) is 18.6. The lowest BCUT2D eigenvalue weighted by Crippen LogP contribution is -1.93. The van der Waals surface area contributed by atoms with Crippen LogP contribution in [0.5, 0.6) is 0 Å². The highest BCUT2D eigenvalue weighted by Crippen LogP contribution is 2.17. The summed E-state index contributed by atoms with van der Waals surface area (Å²) in [5.41, 5.74) is 2.11. The molecule has 0 radical (unpaired) electrons. The normalized spacial score (nSPS) is 10.4. The van der Waals surface area contributed by atoms with Gasteiger partial charge in [-0.25, -0.2) is 9.97 Å². The fraction of sp³-hybridized carbons (Fsp3) is 0.100. The quantitative estimate of drug-likeness (QED) is 0.532. The summed E-state index contributed by atoms with van der Waals surface area (Å²) in [6, 6.07) is 5.60. The summed E-state index contributed by atoms with van der Waals surface area (Å²) >= 11 is 5.67.